The fourth-order valence-electron chi connectivity index (χ4n) is 4.28. The number of fused-ring (bicyclic) bond motifs is 1. The molecule has 2 atom stereocenters. The van der Waals surface area contributed by atoms with Gasteiger partial charge in [-0.25, -0.2) is 14.4 Å². The van der Waals surface area contributed by atoms with Crippen LogP contribution in [0.15, 0.2) is 61.1 Å². The normalized spacial score (nSPS) is 20.3. The van der Waals surface area contributed by atoms with E-state index in [-0.39, 0.29) is 18.2 Å². The van der Waals surface area contributed by atoms with E-state index >= 15 is 0 Å². The van der Waals surface area contributed by atoms with Crippen LogP contribution in [0, 0.1) is 5.82 Å². The molecule has 1 fully saturated rings. The highest BCUT2D eigenvalue weighted by Gasteiger charge is 2.44. The number of hydrogen-bond acceptors (Lipinski definition) is 6. The predicted molar refractivity (Wildman–Crippen MR) is 125 cm³/mol. The third-order valence-corrected chi connectivity index (χ3v) is 6.48. The number of aromatic nitrogens is 3. The number of anilines is 1. The molecule has 0 spiro atoms. The Labute approximate surface area is 195 Å². The van der Waals surface area contributed by atoms with E-state index in [2.05, 4.69) is 20.3 Å². The van der Waals surface area contributed by atoms with Gasteiger partial charge in [0.25, 0.3) is 0 Å². The summed E-state index contributed by atoms with van der Waals surface area (Å²) < 4.78 is 14.1. The zero-order valence-corrected chi connectivity index (χ0v) is 18.4. The first kappa shape index (κ1) is 21.7. The fraction of sp³-hybridized carbons (Fsp3) is 0.240. The number of hydrogen-bond donors (Lipinski definition) is 3. The summed E-state index contributed by atoms with van der Waals surface area (Å²) in [6, 6.07) is 12.3. The van der Waals surface area contributed by atoms with E-state index in [0.717, 1.165) is 28.5 Å². The van der Waals surface area contributed by atoms with Gasteiger partial charge in [-0.05, 0) is 43.0 Å². The maximum atomic E-state index is 14.1. The Hall–Kier alpha value is -3.13. The lowest BCUT2D eigenvalue weighted by Gasteiger charge is -2.24. The molecule has 0 saturated heterocycles. The number of aliphatic hydroxyl groups is 2. The zero-order chi connectivity index (χ0) is 23.0. The summed E-state index contributed by atoms with van der Waals surface area (Å²) in [7, 11) is 0. The third-order valence-electron chi connectivity index (χ3n) is 6.19. The highest BCUT2D eigenvalue weighted by Crippen LogP contribution is 2.38. The summed E-state index contributed by atoms with van der Waals surface area (Å²) in [5.74, 6) is -0.0551. The maximum Gasteiger partial charge on any atom is 0.162 e. The quantitative estimate of drug-likeness (QED) is 0.392. The first-order valence-electron chi connectivity index (χ1n) is 10.7. The van der Waals surface area contributed by atoms with Crippen molar-refractivity contribution >= 4 is 28.2 Å². The lowest BCUT2D eigenvalue weighted by Crippen LogP contribution is -2.36. The third kappa shape index (κ3) is 4.04. The number of rotatable bonds is 5. The Morgan fingerprint density at radius 1 is 1.06 bits per heavy atom. The molecule has 6 nitrogen and oxygen atoms in total. The second-order valence-electron chi connectivity index (χ2n) is 8.29. The van der Waals surface area contributed by atoms with Gasteiger partial charge in [0.15, 0.2) is 5.82 Å². The largest absolute Gasteiger partial charge is 0.390 e. The summed E-state index contributed by atoms with van der Waals surface area (Å²) in [5.41, 5.74) is 2.12. The maximum absolute atomic E-state index is 14.1. The number of nitrogens with one attached hydrogen (secondary N) is 1. The molecule has 0 bridgehead atoms. The summed E-state index contributed by atoms with van der Waals surface area (Å²) >= 11 is 6.44. The van der Waals surface area contributed by atoms with E-state index in [0.29, 0.717) is 29.1 Å². The zero-order valence-electron chi connectivity index (χ0n) is 17.7. The van der Waals surface area contributed by atoms with E-state index in [1.165, 1.54) is 6.07 Å². The van der Waals surface area contributed by atoms with E-state index < -0.39 is 11.7 Å². The van der Waals surface area contributed by atoms with E-state index in [9.17, 15) is 14.6 Å². The standard InChI is InChI=1S/C25H22ClFN4O2/c26-19-14-28-21-8-7-15(10-18(21)23(19)29-11-16-4-1-2-5-20(16)27)17-12-30-24(31-13-17)25(33)9-3-6-22(25)32/h1-2,4-5,7-8,10,12-14,22,32-33H,3,6,9,11H2,(H,28,29)/t22-,25+/m1/s1. The van der Waals surface area contributed by atoms with Crippen molar-refractivity contribution in [2.24, 2.45) is 0 Å². The first-order chi connectivity index (χ1) is 16.0. The fourth-order valence-corrected chi connectivity index (χ4v) is 4.50. The van der Waals surface area contributed by atoms with E-state index in [1.54, 1.807) is 36.8 Å². The van der Waals surface area contributed by atoms with Gasteiger partial charge >= 0.3 is 0 Å². The van der Waals surface area contributed by atoms with Gasteiger partial charge in [-0.2, -0.15) is 0 Å². The molecule has 168 valence electrons. The molecule has 0 aliphatic heterocycles. The van der Waals surface area contributed by atoms with Gasteiger partial charge in [0.2, 0.25) is 0 Å². The Morgan fingerprint density at radius 2 is 1.85 bits per heavy atom. The van der Waals surface area contributed by atoms with Crippen LogP contribution >= 0.6 is 11.6 Å². The Kier molecular flexibility index (Phi) is 5.70. The van der Waals surface area contributed by atoms with Crippen molar-refractivity contribution in [3.8, 4) is 11.1 Å². The van der Waals surface area contributed by atoms with Crippen LogP contribution < -0.4 is 5.32 Å². The molecule has 0 radical (unpaired) electrons. The predicted octanol–water partition coefficient (Wildman–Crippen LogP) is 4.83. The second kappa shape index (κ2) is 8.67. The van der Waals surface area contributed by atoms with Crippen LogP contribution in [-0.4, -0.2) is 31.3 Å². The Balaban J connectivity index is 1.47. The molecule has 0 unspecified atom stereocenters. The van der Waals surface area contributed by atoms with E-state index in [4.69, 9.17) is 11.6 Å². The van der Waals surface area contributed by atoms with E-state index in [1.807, 2.05) is 18.2 Å². The summed E-state index contributed by atoms with van der Waals surface area (Å²) in [6.45, 7) is 0.272. The molecule has 8 heteroatoms. The van der Waals surface area contributed by atoms with Crippen LogP contribution in [0.25, 0.3) is 22.0 Å². The average molecular weight is 465 g/mol. The highest BCUT2D eigenvalue weighted by atomic mass is 35.5. The Bertz CT molecular complexity index is 1320. The van der Waals surface area contributed by atoms with Crippen LogP contribution in [-0.2, 0) is 12.1 Å². The lowest BCUT2D eigenvalue weighted by molar-refractivity contribution is -0.0643. The highest BCUT2D eigenvalue weighted by molar-refractivity contribution is 6.34. The molecular formula is C25H22ClFN4O2. The molecule has 33 heavy (non-hydrogen) atoms. The van der Waals surface area contributed by atoms with Crippen molar-refractivity contribution in [1.29, 1.82) is 0 Å². The molecule has 2 aromatic heterocycles. The van der Waals surface area contributed by atoms with Gasteiger partial charge in [-0.3, -0.25) is 4.98 Å². The molecule has 1 saturated carbocycles. The minimum absolute atomic E-state index is 0.231. The van der Waals surface area contributed by atoms with Crippen molar-refractivity contribution in [1.82, 2.24) is 15.0 Å². The van der Waals surface area contributed by atoms with Crippen LogP contribution in [0.1, 0.15) is 30.7 Å². The molecule has 2 aromatic carbocycles. The van der Waals surface area contributed by atoms with Crippen LogP contribution in [0.3, 0.4) is 0 Å². The molecule has 5 rings (SSSR count). The molecular weight excluding hydrogens is 443 g/mol. The minimum atomic E-state index is -1.40. The molecule has 1 aliphatic rings. The summed E-state index contributed by atoms with van der Waals surface area (Å²) in [5, 5.41) is 25.3. The van der Waals surface area contributed by atoms with Gasteiger partial charge in [-0.15, -0.1) is 0 Å². The lowest BCUT2D eigenvalue weighted by atomic mass is 9.98. The molecule has 2 heterocycles. The van der Waals surface area contributed by atoms with Gasteiger partial charge in [0.05, 0.1) is 22.3 Å². The van der Waals surface area contributed by atoms with Crippen molar-refractivity contribution in [3.05, 3.63) is 83.3 Å². The van der Waals surface area contributed by atoms with Gasteiger partial charge in [0.1, 0.15) is 11.4 Å². The van der Waals surface area contributed by atoms with Gasteiger partial charge in [0, 0.05) is 41.6 Å². The number of benzene rings is 2. The van der Waals surface area contributed by atoms with Gasteiger partial charge in [-0.1, -0.05) is 35.9 Å². The minimum Gasteiger partial charge on any atom is -0.390 e. The van der Waals surface area contributed by atoms with Crippen molar-refractivity contribution in [2.45, 2.75) is 37.5 Å². The number of aliphatic hydroxyl groups excluding tert-OH is 1. The monoisotopic (exact) mass is 464 g/mol. The number of nitrogens with zero attached hydrogens (tertiary/aromatic N) is 3. The first-order valence-corrected chi connectivity index (χ1v) is 11.1. The van der Waals surface area contributed by atoms with Crippen molar-refractivity contribution in [3.63, 3.8) is 0 Å². The summed E-state index contributed by atoms with van der Waals surface area (Å²) in [6.07, 6.45) is 5.67. The van der Waals surface area contributed by atoms with Gasteiger partial charge < -0.3 is 15.5 Å². The second-order valence-corrected chi connectivity index (χ2v) is 8.69. The topological polar surface area (TPSA) is 91.2 Å². The van der Waals surface area contributed by atoms with Crippen LogP contribution in [0.2, 0.25) is 5.02 Å². The average Bonchev–Trinajstić information content (AvgIpc) is 3.18. The SMILES string of the molecule is O[C@@H]1CCC[C@@]1(O)c1ncc(-c2ccc3ncc(Cl)c(NCc4ccccc4F)c3c2)cn1. The molecule has 4 aromatic rings. The number of halogens is 2. The van der Waals surface area contributed by atoms with Crippen LogP contribution in [0.4, 0.5) is 10.1 Å². The van der Waals surface area contributed by atoms with Crippen molar-refractivity contribution in [2.75, 3.05) is 5.32 Å². The van der Waals surface area contributed by atoms with Crippen LogP contribution in [0.5, 0.6) is 0 Å². The Morgan fingerprint density at radius 3 is 2.58 bits per heavy atom. The molecule has 1 aliphatic carbocycles. The smallest absolute Gasteiger partial charge is 0.162 e. The number of pyridine rings is 1. The molecule has 3 N–H and O–H groups in total. The molecule has 0 amide bonds. The van der Waals surface area contributed by atoms with Crippen molar-refractivity contribution < 1.29 is 14.6 Å². The summed E-state index contributed by atoms with van der Waals surface area (Å²) in [4.78, 5) is 13.1.